The molecule has 0 aliphatic heterocycles. The summed E-state index contributed by atoms with van der Waals surface area (Å²) < 4.78 is 0. The first-order valence-electron chi connectivity index (χ1n) is 8.18. The molecule has 1 N–H and O–H groups in total. The molecule has 2 rings (SSSR count). The Morgan fingerprint density at radius 3 is 2.55 bits per heavy atom. The van der Waals surface area contributed by atoms with Gasteiger partial charge in [0.1, 0.15) is 0 Å². The summed E-state index contributed by atoms with van der Waals surface area (Å²) in [6.07, 6.45) is 9.28. The van der Waals surface area contributed by atoms with Crippen LogP contribution in [-0.4, -0.2) is 12.1 Å². The zero-order valence-electron chi connectivity index (χ0n) is 12.9. The van der Waals surface area contributed by atoms with E-state index in [0.29, 0.717) is 12.1 Å². The molecule has 0 amide bonds. The van der Waals surface area contributed by atoms with Gasteiger partial charge < -0.3 is 5.32 Å². The molecule has 1 aliphatic carbocycles. The fraction of sp³-hybridized carbons (Fsp3) is 0.667. The van der Waals surface area contributed by atoms with Gasteiger partial charge in [0.2, 0.25) is 0 Å². The summed E-state index contributed by atoms with van der Waals surface area (Å²) in [7, 11) is 0. The third-order valence-electron chi connectivity index (χ3n) is 4.55. The van der Waals surface area contributed by atoms with Crippen LogP contribution < -0.4 is 5.32 Å². The Hall–Kier alpha value is -0.530. The first kappa shape index (κ1) is 15.9. The van der Waals surface area contributed by atoms with Crippen LogP contribution in [0.2, 0.25) is 5.02 Å². The van der Waals surface area contributed by atoms with E-state index < -0.39 is 0 Å². The quantitative estimate of drug-likeness (QED) is 0.758. The molecular weight excluding hydrogens is 266 g/mol. The second-order valence-electron chi connectivity index (χ2n) is 6.37. The van der Waals surface area contributed by atoms with Crippen molar-refractivity contribution in [3.63, 3.8) is 0 Å². The lowest BCUT2D eigenvalue weighted by molar-refractivity contribution is 0.265. The Morgan fingerprint density at radius 1 is 1.20 bits per heavy atom. The molecule has 0 heterocycles. The van der Waals surface area contributed by atoms with Crippen molar-refractivity contribution in [2.45, 2.75) is 70.9 Å². The molecule has 0 saturated heterocycles. The highest BCUT2D eigenvalue weighted by atomic mass is 35.5. The molecule has 2 heteroatoms. The third-order valence-corrected chi connectivity index (χ3v) is 4.92. The van der Waals surface area contributed by atoms with Crippen LogP contribution in [0, 0.1) is 5.92 Å². The maximum Gasteiger partial charge on any atom is 0.0438 e. The van der Waals surface area contributed by atoms with Gasteiger partial charge in [0.25, 0.3) is 0 Å². The third kappa shape index (κ3) is 4.79. The highest BCUT2D eigenvalue weighted by Crippen LogP contribution is 2.28. The fourth-order valence-electron chi connectivity index (χ4n) is 3.48. The molecule has 1 aromatic carbocycles. The van der Waals surface area contributed by atoms with Gasteiger partial charge in [-0.1, -0.05) is 49.6 Å². The van der Waals surface area contributed by atoms with E-state index in [-0.39, 0.29) is 0 Å². The van der Waals surface area contributed by atoms with Crippen molar-refractivity contribution in [2.75, 3.05) is 0 Å². The van der Waals surface area contributed by atoms with Crippen LogP contribution >= 0.6 is 11.6 Å². The van der Waals surface area contributed by atoms with Crippen molar-refractivity contribution in [3.8, 4) is 0 Å². The summed E-state index contributed by atoms with van der Waals surface area (Å²) in [5.74, 6) is 0.983. The van der Waals surface area contributed by atoms with Crippen molar-refractivity contribution < 1.29 is 0 Å². The number of halogens is 1. The highest BCUT2D eigenvalue weighted by molar-refractivity contribution is 6.31. The standard InChI is InChI=1S/C18H28ClN/c1-3-6-15-9-11-17(12-10-15)20-14(2)13-16-7-4-5-8-18(16)19/h4-5,7-8,14-15,17,20H,3,6,9-13H2,1-2H3. The summed E-state index contributed by atoms with van der Waals surface area (Å²) in [5, 5.41) is 4.69. The molecule has 0 aromatic heterocycles. The summed E-state index contributed by atoms with van der Waals surface area (Å²) >= 11 is 6.24. The van der Waals surface area contributed by atoms with E-state index in [2.05, 4.69) is 31.3 Å². The van der Waals surface area contributed by atoms with Gasteiger partial charge in [-0.25, -0.2) is 0 Å². The van der Waals surface area contributed by atoms with Crippen LogP contribution in [0.5, 0.6) is 0 Å². The number of benzene rings is 1. The van der Waals surface area contributed by atoms with Gasteiger partial charge in [-0.05, 0) is 56.6 Å². The van der Waals surface area contributed by atoms with Gasteiger partial charge in [0, 0.05) is 17.1 Å². The molecule has 1 nitrogen and oxygen atoms in total. The number of nitrogens with one attached hydrogen (secondary N) is 1. The molecule has 1 atom stereocenters. The molecule has 1 aliphatic rings. The van der Waals surface area contributed by atoms with E-state index in [1.165, 1.54) is 44.1 Å². The SMILES string of the molecule is CCCC1CCC(NC(C)Cc2ccccc2Cl)CC1. The second-order valence-corrected chi connectivity index (χ2v) is 6.78. The van der Waals surface area contributed by atoms with Gasteiger partial charge in [0.15, 0.2) is 0 Å². The molecule has 20 heavy (non-hydrogen) atoms. The van der Waals surface area contributed by atoms with Crippen LogP contribution in [0.3, 0.4) is 0 Å². The Morgan fingerprint density at radius 2 is 1.90 bits per heavy atom. The fourth-order valence-corrected chi connectivity index (χ4v) is 3.69. The highest BCUT2D eigenvalue weighted by Gasteiger charge is 2.21. The topological polar surface area (TPSA) is 12.0 Å². The van der Waals surface area contributed by atoms with Crippen molar-refractivity contribution in [3.05, 3.63) is 34.9 Å². The van der Waals surface area contributed by atoms with Crippen molar-refractivity contribution in [2.24, 2.45) is 5.92 Å². The van der Waals surface area contributed by atoms with Gasteiger partial charge in [0.05, 0.1) is 0 Å². The Bertz CT molecular complexity index is 396. The minimum atomic E-state index is 0.502. The van der Waals surface area contributed by atoms with Crippen LogP contribution in [0.25, 0.3) is 0 Å². The average Bonchev–Trinajstić information content (AvgIpc) is 2.44. The molecule has 0 bridgehead atoms. The van der Waals surface area contributed by atoms with E-state index >= 15 is 0 Å². The zero-order valence-corrected chi connectivity index (χ0v) is 13.6. The smallest absolute Gasteiger partial charge is 0.0438 e. The van der Waals surface area contributed by atoms with Crippen LogP contribution in [0.4, 0.5) is 0 Å². The number of hydrogen-bond donors (Lipinski definition) is 1. The van der Waals surface area contributed by atoms with Crippen LogP contribution in [-0.2, 0) is 6.42 Å². The maximum absolute atomic E-state index is 6.24. The molecular formula is C18H28ClN. The van der Waals surface area contributed by atoms with Crippen molar-refractivity contribution >= 4 is 11.6 Å². The molecule has 0 radical (unpaired) electrons. The predicted octanol–water partition coefficient (Wildman–Crippen LogP) is 5.22. The van der Waals surface area contributed by atoms with E-state index in [9.17, 15) is 0 Å². The molecule has 1 saturated carbocycles. The van der Waals surface area contributed by atoms with E-state index in [1.807, 2.05) is 12.1 Å². The minimum Gasteiger partial charge on any atom is -0.311 e. The monoisotopic (exact) mass is 293 g/mol. The molecule has 112 valence electrons. The van der Waals surface area contributed by atoms with Crippen molar-refractivity contribution in [1.82, 2.24) is 5.32 Å². The lowest BCUT2D eigenvalue weighted by Gasteiger charge is -2.31. The van der Waals surface area contributed by atoms with Gasteiger partial charge in [-0.15, -0.1) is 0 Å². The summed E-state index contributed by atoms with van der Waals surface area (Å²) in [4.78, 5) is 0. The van der Waals surface area contributed by atoms with E-state index in [0.717, 1.165) is 17.4 Å². The molecule has 1 aromatic rings. The second kappa shape index (κ2) is 8.05. The summed E-state index contributed by atoms with van der Waals surface area (Å²) in [5.41, 5.74) is 1.26. The van der Waals surface area contributed by atoms with Crippen molar-refractivity contribution in [1.29, 1.82) is 0 Å². The minimum absolute atomic E-state index is 0.502. The van der Waals surface area contributed by atoms with Gasteiger partial charge in [-0.2, -0.15) is 0 Å². The maximum atomic E-state index is 6.24. The normalized spacial score (nSPS) is 24.6. The Balaban J connectivity index is 1.75. The first-order valence-corrected chi connectivity index (χ1v) is 8.56. The Kier molecular flexibility index (Phi) is 6.38. The summed E-state index contributed by atoms with van der Waals surface area (Å²) in [6, 6.07) is 9.41. The van der Waals surface area contributed by atoms with E-state index in [1.54, 1.807) is 0 Å². The van der Waals surface area contributed by atoms with E-state index in [4.69, 9.17) is 11.6 Å². The first-order chi connectivity index (χ1) is 9.69. The molecule has 0 spiro atoms. The summed E-state index contributed by atoms with van der Waals surface area (Å²) in [6.45, 7) is 4.58. The van der Waals surface area contributed by atoms with Gasteiger partial charge in [-0.3, -0.25) is 0 Å². The Labute approximate surface area is 129 Å². The van der Waals surface area contributed by atoms with Crippen LogP contribution in [0.15, 0.2) is 24.3 Å². The molecule has 1 fully saturated rings. The van der Waals surface area contributed by atoms with Crippen LogP contribution in [0.1, 0.15) is 57.9 Å². The average molecular weight is 294 g/mol. The molecule has 1 unspecified atom stereocenters. The largest absolute Gasteiger partial charge is 0.311 e. The lowest BCUT2D eigenvalue weighted by atomic mass is 9.83. The number of hydrogen-bond acceptors (Lipinski definition) is 1. The lowest BCUT2D eigenvalue weighted by Crippen LogP contribution is -2.40. The number of rotatable bonds is 6. The zero-order chi connectivity index (χ0) is 14.4. The predicted molar refractivity (Wildman–Crippen MR) is 88.4 cm³/mol. The van der Waals surface area contributed by atoms with Gasteiger partial charge >= 0.3 is 0 Å².